The van der Waals surface area contributed by atoms with Gasteiger partial charge in [0, 0.05) is 11.1 Å². The van der Waals surface area contributed by atoms with Crippen molar-refractivity contribution in [3.63, 3.8) is 0 Å². The Morgan fingerprint density at radius 1 is 1.00 bits per heavy atom. The van der Waals surface area contributed by atoms with Gasteiger partial charge in [0.25, 0.3) is 11.8 Å². The molecular formula is C21H25N3O3S. The van der Waals surface area contributed by atoms with E-state index in [1.54, 1.807) is 36.4 Å². The van der Waals surface area contributed by atoms with E-state index in [4.69, 9.17) is 17.0 Å². The smallest absolute Gasteiger partial charge is 0.269 e. The molecule has 148 valence electrons. The first-order chi connectivity index (χ1) is 13.4. The number of hydrogen-bond acceptors (Lipinski definition) is 4. The average molecular weight is 400 g/mol. The zero-order chi connectivity index (χ0) is 20.5. The Balaban J connectivity index is 1.80. The number of aryl methyl sites for hydroxylation is 1. The minimum atomic E-state index is -0.374. The minimum Gasteiger partial charge on any atom is -0.494 e. The highest BCUT2D eigenvalue weighted by molar-refractivity contribution is 7.80. The summed E-state index contributed by atoms with van der Waals surface area (Å²) in [5.41, 5.74) is 6.79. The van der Waals surface area contributed by atoms with Gasteiger partial charge in [-0.05, 0) is 67.4 Å². The topological polar surface area (TPSA) is 79.5 Å². The number of hydrazine groups is 1. The molecule has 0 saturated carbocycles. The fraction of sp³-hybridized carbons (Fsp3) is 0.286. The lowest BCUT2D eigenvalue weighted by atomic mass is 10.1. The van der Waals surface area contributed by atoms with E-state index in [9.17, 15) is 9.59 Å². The van der Waals surface area contributed by atoms with Crippen molar-refractivity contribution in [1.82, 2.24) is 16.2 Å². The van der Waals surface area contributed by atoms with Crippen molar-refractivity contribution < 1.29 is 14.3 Å². The summed E-state index contributed by atoms with van der Waals surface area (Å²) in [4.78, 5) is 24.4. The fourth-order valence-electron chi connectivity index (χ4n) is 2.33. The van der Waals surface area contributed by atoms with Crippen molar-refractivity contribution in [2.75, 3.05) is 6.61 Å². The summed E-state index contributed by atoms with van der Waals surface area (Å²) < 4.78 is 5.63. The van der Waals surface area contributed by atoms with Crippen LogP contribution >= 0.6 is 12.2 Å². The largest absolute Gasteiger partial charge is 0.494 e. The van der Waals surface area contributed by atoms with E-state index in [0.717, 1.165) is 12.0 Å². The van der Waals surface area contributed by atoms with Crippen LogP contribution in [-0.4, -0.2) is 23.5 Å². The van der Waals surface area contributed by atoms with Gasteiger partial charge in [-0.15, -0.1) is 0 Å². The predicted molar refractivity (Wildman–Crippen MR) is 113 cm³/mol. The number of amides is 2. The highest BCUT2D eigenvalue weighted by atomic mass is 32.1. The van der Waals surface area contributed by atoms with E-state index in [1.807, 2.05) is 19.1 Å². The summed E-state index contributed by atoms with van der Waals surface area (Å²) in [6, 6.07) is 14.0. The van der Waals surface area contributed by atoms with Gasteiger partial charge in [-0.25, -0.2) is 0 Å². The van der Waals surface area contributed by atoms with Crippen molar-refractivity contribution >= 4 is 29.1 Å². The summed E-state index contributed by atoms with van der Waals surface area (Å²) >= 11 is 5.05. The summed E-state index contributed by atoms with van der Waals surface area (Å²) in [5.74, 6) is 0.575. The van der Waals surface area contributed by atoms with E-state index >= 15 is 0 Å². The van der Waals surface area contributed by atoms with Gasteiger partial charge < -0.3 is 4.74 Å². The van der Waals surface area contributed by atoms with Gasteiger partial charge in [-0.3, -0.25) is 25.8 Å². The second kappa shape index (κ2) is 10.4. The van der Waals surface area contributed by atoms with Gasteiger partial charge in [0.15, 0.2) is 5.11 Å². The van der Waals surface area contributed by atoms with Crippen molar-refractivity contribution in [3.8, 4) is 5.75 Å². The van der Waals surface area contributed by atoms with Crippen LogP contribution in [0.3, 0.4) is 0 Å². The SMILES string of the molecule is Cc1ccccc1C(=O)NC(=S)NNC(=O)c1ccc(OCCC(C)C)cc1. The Bertz CT molecular complexity index is 835. The normalized spacial score (nSPS) is 10.3. The van der Waals surface area contributed by atoms with Crippen LogP contribution in [0.5, 0.6) is 5.75 Å². The van der Waals surface area contributed by atoms with Crippen molar-refractivity contribution in [2.45, 2.75) is 27.2 Å². The van der Waals surface area contributed by atoms with E-state index < -0.39 is 0 Å². The zero-order valence-corrected chi connectivity index (χ0v) is 17.1. The summed E-state index contributed by atoms with van der Waals surface area (Å²) in [5, 5.41) is 2.54. The molecule has 7 heteroatoms. The third-order valence-corrected chi connectivity index (χ3v) is 4.19. The Morgan fingerprint density at radius 3 is 2.32 bits per heavy atom. The molecule has 0 bridgehead atoms. The Labute approximate surface area is 170 Å². The molecule has 0 aliphatic carbocycles. The molecule has 2 aromatic rings. The number of ether oxygens (including phenoxy) is 1. The van der Waals surface area contributed by atoms with E-state index in [-0.39, 0.29) is 16.9 Å². The lowest BCUT2D eigenvalue weighted by molar-refractivity contribution is 0.0934. The summed E-state index contributed by atoms with van der Waals surface area (Å²) in [6.45, 7) is 6.75. The second-order valence-electron chi connectivity index (χ2n) is 6.73. The van der Waals surface area contributed by atoms with Gasteiger partial charge >= 0.3 is 0 Å². The first-order valence-corrected chi connectivity index (χ1v) is 9.48. The quantitative estimate of drug-likeness (QED) is 0.513. The lowest BCUT2D eigenvalue weighted by Crippen LogP contribution is -2.48. The van der Waals surface area contributed by atoms with Gasteiger partial charge in [0.2, 0.25) is 0 Å². The molecular weight excluding hydrogens is 374 g/mol. The van der Waals surface area contributed by atoms with Crippen molar-refractivity contribution in [1.29, 1.82) is 0 Å². The molecule has 0 unspecified atom stereocenters. The third kappa shape index (κ3) is 6.66. The van der Waals surface area contributed by atoms with Crippen LogP contribution in [-0.2, 0) is 0 Å². The molecule has 0 saturated heterocycles. The standard InChI is InChI=1S/C21H25N3O3S/c1-14(2)12-13-27-17-10-8-16(9-11-17)19(25)23-24-21(28)22-20(26)18-7-5-4-6-15(18)3/h4-11,14H,12-13H2,1-3H3,(H,23,25)(H2,22,24,26,28). The van der Waals surface area contributed by atoms with Crippen LogP contribution in [0.1, 0.15) is 46.5 Å². The molecule has 0 spiro atoms. The second-order valence-corrected chi connectivity index (χ2v) is 7.14. The number of benzene rings is 2. The van der Waals surface area contributed by atoms with Crippen molar-refractivity contribution in [3.05, 3.63) is 65.2 Å². The van der Waals surface area contributed by atoms with Crippen LogP contribution in [0.15, 0.2) is 48.5 Å². The van der Waals surface area contributed by atoms with E-state index in [0.29, 0.717) is 29.4 Å². The first-order valence-electron chi connectivity index (χ1n) is 9.07. The number of carbonyl (C=O) groups is 2. The number of hydrogen-bond donors (Lipinski definition) is 3. The molecule has 28 heavy (non-hydrogen) atoms. The highest BCUT2D eigenvalue weighted by Gasteiger charge is 2.11. The van der Waals surface area contributed by atoms with Crippen LogP contribution in [0, 0.1) is 12.8 Å². The van der Waals surface area contributed by atoms with Gasteiger partial charge in [-0.1, -0.05) is 32.0 Å². The zero-order valence-electron chi connectivity index (χ0n) is 16.2. The van der Waals surface area contributed by atoms with Gasteiger partial charge in [0.05, 0.1) is 6.61 Å². The van der Waals surface area contributed by atoms with Gasteiger partial charge in [0.1, 0.15) is 5.75 Å². The third-order valence-electron chi connectivity index (χ3n) is 3.99. The Hall–Kier alpha value is -2.93. The molecule has 2 amide bonds. The fourth-order valence-corrected chi connectivity index (χ4v) is 2.47. The summed E-state index contributed by atoms with van der Waals surface area (Å²) in [6.07, 6.45) is 0.970. The number of carbonyl (C=O) groups excluding carboxylic acids is 2. The predicted octanol–water partition coefficient (Wildman–Crippen LogP) is 3.37. The molecule has 6 nitrogen and oxygen atoms in total. The monoisotopic (exact) mass is 399 g/mol. The van der Waals surface area contributed by atoms with Crippen LogP contribution in [0.2, 0.25) is 0 Å². The van der Waals surface area contributed by atoms with Crippen LogP contribution in [0.25, 0.3) is 0 Å². The molecule has 0 fully saturated rings. The molecule has 3 N–H and O–H groups in total. The molecule has 2 rings (SSSR count). The Morgan fingerprint density at radius 2 is 1.68 bits per heavy atom. The minimum absolute atomic E-state index is 0.00948. The lowest BCUT2D eigenvalue weighted by Gasteiger charge is -2.12. The molecule has 2 aromatic carbocycles. The molecule has 0 aliphatic rings. The van der Waals surface area contributed by atoms with Gasteiger partial charge in [-0.2, -0.15) is 0 Å². The molecule has 0 heterocycles. The molecule has 0 radical (unpaired) electrons. The van der Waals surface area contributed by atoms with Crippen molar-refractivity contribution in [2.24, 2.45) is 5.92 Å². The Kier molecular flexibility index (Phi) is 7.95. The van der Waals surface area contributed by atoms with Crippen LogP contribution < -0.4 is 20.9 Å². The molecule has 0 atom stereocenters. The summed E-state index contributed by atoms with van der Waals surface area (Å²) in [7, 11) is 0. The van der Waals surface area contributed by atoms with E-state index in [1.165, 1.54) is 0 Å². The molecule has 0 aromatic heterocycles. The maximum absolute atomic E-state index is 12.2. The molecule has 0 aliphatic heterocycles. The maximum Gasteiger partial charge on any atom is 0.269 e. The number of rotatable bonds is 6. The average Bonchev–Trinajstić information content (AvgIpc) is 2.66. The highest BCUT2D eigenvalue weighted by Crippen LogP contribution is 2.13. The van der Waals surface area contributed by atoms with Crippen LogP contribution in [0.4, 0.5) is 0 Å². The number of nitrogens with one attached hydrogen (secondary N) is 3. The first kappa shape index (κ1) is 21.4. The number of thiocarbonyl (C=S) groups is 1. The maximum atomic E-state index is 12.2. The van der Waals surface area contributed by atoms with E-state index in [2.05, 4.69) is 30.0 Å².